The minimum atomic E-state index is -4.51. The Bertz CT molecular complexity index is 439. The maximum Gasteiger partial charge on any atom is 0.416 e. The minimum absolute atomic E-state index is 0.00535. The average Bonchev–Trinajstić information content (AvgIpc) is 2.28. The van der Waals surface area contributed by atoms with Crippen LogP contribution in [0.4, 0.5) is 18.9 Å². The lowest BCUT2D eigenvalue weighted by atomic mass is 9.81. The van der Waals surface area contributed by atoms with Crippen LogP contribution >= 0.6 is 0 Å². The average molecular weight is 260 g/mol. The summed E-state index contributed by atoms with van der Waals surface area (Å²) in [6.45, 7) is 0.949. The summed E-state index contributed by atoms with van der Waals surface area (Å²) in [5, 5.41) is 13.5. The lowest BCUT2D eigenvalue weighted by molar-refractivity contribution is -0.141. The van der Waals surface area contributed by atoms with Crippen molar-refractivity contribution in [2.75, 3.05) is 18.8 Å². The van der Waals surface area contributed by atoms with E-state index in [4.69, 9.17) is 5.73 Å². The van der Waals surface area contributed by atoms with Crippen LogP contribution in [0.1, 0.15) is 24.0 Å². The molecule has 1 aromatic carbocycles. The fourth-order valence-electron chi connectivity index (χ4n) is 2.42. The normalized spacial score (nSPS) is 19.8. The number of nitrogen functional groups attached to an aromatic ring is 1. The molecular formula is C12H15F3N2O. The smallest absolute Gasteiger partial charge is 0.398 e. The molecule has 1 saturated heterocycles. The van der Waals surface area contributed by atoms with E-state index in [1.165, 1.54) is 12.1 Å². The number of benzene rings is 1. The summed E-state index contributed by atoms with van der Waals surface area (Å²) in [5.41, 5.74) is 3.13. The van der Waals surface area contributed by atoms with Crippen molar-refractivity contribution in [1.29, 1.82) is 0 Å². The number of hydrogen-bond acceptors (Lipinski definition) is 3. The molecule has 0 spiro atoms. The zero-order valence-electron chi connectivity index (χ0n) is 9.72. The van der Waals surface area contributed by atoms with Crippen molar-refractivity contribution in [1.82, 2.24) is 5.32 Å². The Balaban J connectivity index is 2.55. The predicted molar refractivity (Wildman–Crippen MR) is 61.9 cm³/mol. The van der Waals surface area contributed by atoms with E-state index in [2.05, 4.69) is 5.32 Å². The lowest BCUT2D eigenvalue weighted by Crippen LogP contribution is -2.41. The molecule has 1 aliphatic heterocycles. The second kappa shape index (κ2) is 4.44. The van der Waals surface area contributed by atoms with Gasteiger partial charge in [-0.15, -0.1) is 0 Å². The molecule has 1 heterocycles. The maximum atomic E-state index is 13.0. The number of hydrogen-bond donors (Lipinski definition) is 3. The summed E-state index contributed by atoms with van der Waals surface area (Å²) >= 11 is 0. The third-order valence-corrected chi connectivity index (χ3v) is 3.30. The van der Waals surface area contributed by atoms with Gasteiger partial charge in [0.25, 0.3) is 0 Å². The Morgan fingerprint density at radius 2 is 1.83 bits per heavy atom. The summed E-state index contributed by atoms with van der Waals surface area (Å²) in [6.07, 6.45) is -4.06. The molecule has 6 heteroatoms. The number of nitrogens with two attached hydrogens (primary N) is 1. The van der Waals surface area contributed by atoms with Crippen molar-refractivity contribution in [3.63, 3.8) is 0 Å². The fraction of sp³-hybridized carbons (Fsp3) is 0.500. The van der Waals surface area contributed by atoms with Crippen LogP contribution in [0.5, 0.6) is 0 Å². The summed E-state index contributed by atoms with van der Waals surface area (Å²) in [7, 11) is 0. The minimum Gasteiger partial charge on any atom is -0.398 e. The van der Waals surface area contributed by atoms with Gasteiger partial charge in [-0.3, -0.25) is 0 Å². The molecule has 0 saturated carbocycles. The van der Waals surface area contributed by atoms with E-state index in [-0.39, 0.29) is 24.1 Å². The third-order valence-electron chi connectivity index (χ3n) is 3.30. The van der Waals surface area contributed by atoms with Gasteiger partial charge < -0.3 is 16.2 Å². The van der Waals surface area contributed by atoms with Crippen molar-refractivity contribution in [3.05, 3.63) is 29.3 Å². The van der Waals surface area contributed by atoms with Crippen molar-refractivity contribution in [2.24, 2.45) is 0 Å². The number of aliphatic hydroxyl groups is 1. The van der Waals surface area contributed by atoms with Crippen LogP contribution < -0.4 is 11.1 Å². The van der Waals surface area contributed by atoms with Gasteiger partial charge in [0.2, 0.25) is 0 Å². The first-order chi connectivity index (χ1) is 8.34. The van der Waals surface area contributed by atoms with Crippen LogP contribution in [0.15, 0.2) is 18.2 Å². The van der Waals surface area contributed by atoms with E-state index < -0.39 is 17.3 Å². The van der Waals surface area contributed by atoms with Crippen molar-refractivity contribution < 1.29 is 18.3 Å². The first kappa shape index (κ1) is 13.2. The van der Waals surface area contributed by atoms with E-state index >= 15 is 0 Å². The Hall–Kier alpha value is -1.27. The molecule has 1 fully saturated rings. The van der Waals surface area contributed by atoms with Crippen LogP contribution in [0, 0.1) is 0 Å². The monoisotopic (exact) mass is 260 g/mol. The van der Waals surface area contributed by atoms with Crippen LogP contribution in [0.25, 0.3) is 0 Å². The number of anilines is 1. The standard InChI is InChI=1S/C12H15F3N2O/c13-12(14,15)8-2-1-3-9(16)10(8)11(18)4-6-17-7-5-11/h1-3,17-18H,4-7,16H2. The van der Waals surface area contributed by atoms with E-state index in [1.54, 1.807) is 0 Å². The zero-order valence-corrected chi connectivity index (χ0v) is 9.72. The Morgan fingerprint density at radius 1 is 1.22 bits per heavy atom. The lowest BCUT2D eigenvalue weighted by Gasteiger charge is -2.35. The van der Waals surface area contributed by atoms with Crippen LogP contribution in [-0.4, -0.2) is 18.2 Å². The molecule has 1 aliphatic rings. The van der Waals surface area contributed by atoms with Crippen LogP contribution in [0.3, 0.4) is 0 Å². The maximum absolute atomic E-state index is 13.0. The topological polar surface area (TPSA) is 58.3 Å². The second-order valence-electron chi connectivity index (χ2n) is 4.55. The fourth-order valence-corrected chi connectivity index (χ4v) is 2.42. The molecule has 1 aromatic rings. The molecule has 0 atom stereocenters. The largest absolute Gasteiger partial charge is 0.416 e. The third kappa shape index (κ3) is 2.30. The van der Waals surface area contributed by atoms with E-state index in [9.17, 15) is 18.3 Å². The zero-order chi connectivity index (χ0) is 13.4. The van der Waals surface area contributed by atoms with Crippen LogP contribution in [0.2, 0.25) is 0 Å². The molecule has 4 N–H and O–H groups in total. The molecule has 18 heavy (non-hydrogen) atoms. The van der Waals surface area contributed by atoms with E-state index in [0.29, 0.717) is 13.1 Å². The highest BCUT2D eigenvalue weighted by atomic mass is 19.4. The number of alkyl halides is 3. The van der Waals surface area contributed by atoms with Gasteiger partial charge in [0.15, 0.2) is 0 Å². The van der Waals surface area contributed by atoms with Gasteiger partial charge in [0.1, 0.15) is 0 Å². The highest BCUT2D eigenvalue weighted by Crippen LogP contribution is 2.42. The second-order valence-corrected chi connectivity index (χ2v) is 4.55. The van der Waals surface area contributed by atoms with E-state index in [1.807, 2.05) is 0 Å². The van der Waals surface area contributed by atoms with Gasteiger partial charge >= 0.3 is 6.18 Å². The molecule has 0 amide bonds. The molecule has 100 valence electrons. The predicted octanol–water partition coefficient (Wildman–Crippen LogP) is 1.86. The number of halogens is 3. The van der Waals surface area contributed by atoms with Crippen molar-refractivity contribution in [2.45, 2.75) is 24.6 Å². The molecule has 0 aromatic heterocycles. The molecule has 2 rings (SSSR count). The highest BCUT2D eigenvalue weighted by Gasteiger charge is 2.42. The van der Waals surface area contributed by atoms with Gasteiger partial charge in [-0.2, -0.15) is 13.2 Å². The van der Waals surface area contributed by atoms with Gasteiger partial charge in [0, 0.05) is 11.3 Å². The van der Waals surface area contributed by atoms with Gasteiger partial charge in [-0.25, -0.2) is 0 Å². The number of piperidine rings is 1. The molecule has 0 bridgehead atoms. The molecule has 0 radical (unpaired) electrons. The summed E-state index contributed by atoms with van der Waals surface area (Å²) < 4.78 is 38.9. The van der Waals surface area contributed by atoms with Gasteiger partial charge in [-0.1, -0.05) is 6.07 Å². The van der Waals surface area contributed by atoms with E-state index in [0.717, 1.165) is 6.07 Å². The highest BCUT2D eigenvalue weighted by molar-refractivity contribution is 5.55. The first-order valence-corrected chi connectivity index (χ1v) is 5.74. The Morgan fingerprint density at radius 3 is 2.39 bits per heavy atom. The molecule has 0 unspecified atom stereocenters. The quantitative estimate of drug-likeness (QED) is 0.675. The molecular weight excluding hydrogens is 245 g/mol. The Labute approximate surface area is 103 Å². The van der Waals surface area contributed by atoms with Crippen LogP contribution in [-0.2, 0) is 11.8 Å². The number of nitrogens with one attached hydrogen (secondary N) is 1. The summed E-state index contributed by atoms with van der Waals surface area (Å²) in [6, 6.07) is 3.61. The Kier molecular flexibility index (Phi) is 3.25. The first-order valence-electron chi connectivity index (χ1n) is 5.74. The molecule has 3 nitrogen and oxygen atoms in total. The van der Waals surface area contributed by atoms with Crippen molar-refractivity contribution >= 4 is 5.69 Å². The van der Waals surface area contributed by atoms with Crippen molar-refractivity contribution in [3.8, 4) is 0 Å². The van der Waals surface area contributed by atoms with Gasteiger partial charge in [0.05, 0.1) is 11.2 Å². The van der Waals surface area contributed by atoms with Gasteiger partial charge in [-0.05, 0) is 38.1 Å². The SMILES string of the molecule is Nc1cccc(C(F)(F)F)c1C1(O)CCNCC1. The number of rotatable bonds is 1. The summed E-state index contributed by atoms with van der Waals surface area (Å²) in [4.78, 5) is 0. The summed E-state index contributed by atoms with van der Waals surface area (Å²) in [5.74, 6) is 0. The molecule has 0 aliphatic carbocycles.